The molecule has 0 bridgehead atoms. The van der Waals surface area contributed by atoms with Crippen LogP contribution >= 0.6 is 0 Å². The quantitative estimate of drug-likeness (QED) is 0.853. The second-order valence-electron chi connectivity index (χ2n) is 3.15. The molecule has 0 atom stereocenters. The van der Waals surface area contributed by atoms with Gasteiger partial charge in [-0.05, 0) is 13.0 Å². The van der Waals surface area contributed by atoms with E-state index in [4.69, 9.17) is 10.4 Å². The Hall–Kier alpha value is -2.03. The smallest absolute Gasteiger partial charge is 0.307 e. The van der Waals surface area contributed by atoms with Gasteiger partial charge in [0.1, 0.15) is 11.8 Å². The van der Waals surface area contributed by atoms with Crippen molar-refractivity contribution in [3.63, 3.8) is 0 Å². The molecule has 0 aliphatic rings. The Bertz CT molecular complexity index is 467. The summed E-state index contributed by atoms with van der Waals surface area (Å²) in [7, 11) is 0. The van der Waals surface area contributed by atoms with Crippen molar-refractivity contribution >= 4 is 5.97 Å². The van der Waals surface area contributed by atoms with Crippen LogP contribution in [0.1, 0.15) is 28.9 Å². The lowest BCUT2D eigenvalue weighted by atomic mass is 10.1. The average molecular weight is 226 g/mol. The third-order valence-corrected chi connectivity index (χ3v) is 2.01. The molecule has 4 nitrogen and oxygen atoms in total. The van der Waals surface area contributed by atoms with Crippen LogP contribution in [0.15, 0.2) is 6.07 Å². The second-order valence-corrected chi connectivity index (χ2v) is 3.15. The third-order valence-electron chi connectivity index (χ3n) is 2.01. The van der Waals surface area contributed by atoms with Crippen LogP contribution in [0.2, 0.25) is 0 Å². The SMILES string of the molecule is Cc1nc(C#N)c(CC(=O)O)cc1C(F)F. The van der Waals surface area contributed by atoms with Gasteiger partial charge in [-0.1, -0.05) is 0 Å². The molecular formula is C10H8F2N2O2. The van der Waals surface area contributed by atoms with E-state index in [1.165, 1.54) is 6.92 Å². The summed E-state index contributed by atoms with van der Waals surface area (Å²) in [5, 5.41) is 17.3. The summed E-state index contributed by atoms with van der Waals surface area (Å²) in [5.41, 5.74) is -0.406. The molecular weight excluding hydrogens is 218 g/mol. The van der Waals surface area contributed by atoms with Gasteiger partial charge in [0.2, 0.25) is 0 Å². The van der Waals surface area contributed by atoms with Crippen molar-refractivity contribution in [2.75, 3.05) is 0 Å². The number of alkyl halides is 2. The minimum absolute atomic E-state index is 0.0101. The van der Waals surface area contributed by atoms with E-state index in [0.717, 1.165) is 6.07 Å². The zero-order valence-electron chi connectivity index (χ0n) is 8.37. The molecule has 16 heavy (non-hydrogen) atoms. The van der Waals surface area contributed by atoms with Crippen molar-refractivity contribution in [3.05, 3.63) is 28.6 Å². The molecule has 1 aromatic heterocycles. The van der Waals surface area contributed by atoms with Gasteiger partial charge < -0.3 is 5.11 Å². The van der Waals surface area contributed by atoms with Crippen LogP contribution < -0.4 is 0 Å². The van der Waals surface area contributed by atoms with Crippen LogP contribution in [0, 0.1) is 18.3 Å². The Morgan fingerprint density at radius 1 is 1.69 bits per heavy atom. The topological polar surface area (TPSA) is 74.0 Å². The molecule has 0 saturated heterocycles. The van der Waals surface area contributed by atoms with Crippen molar-refractivity contribution in [3.8, 4) is 6.07 Å². The Balaban J connectivity index is 3.30. The number of nitriles is 1. The van der Waals surface area contributed by atoms with Gasteiger partial charge in [0.15, 0.2) is 0 Å². The zero-order valence-corrected chi connectivity index (χ0v) is 8.37. The van der Waals surface area contributed by atoms with E-state index in [1.54, 1.807) is 6.07 Å². The number of hydrogen-bond donors (Lipinski definition) is 1. The molecule has 0 amide bonds. The molecule has 84 valence electrons. The molecule has 0 spiro atoms. The molecule has 0 unspecified atom stereocenters. The highest BCUT2D eigenvalue weighted by Gasteiger charge is 2.17. The molecule has 1 heterocycles. The highest BCUT2D eigenvalue weighted by molar-refractivity contribution is 5.71. The molecule has 1 rings (SSSR count). The maximum atomic E-state index is 12.5. The highest BCUT2D eigenvalue weighted by atomic mass is 19.3. The summed E-state index contributed by atoms with van der Waals surface area (Å²) < 4.78 is 25.0. The summed E-state index contributed by atoms with van der Waals surface area (Å²) >= 11 is 0. The van der Waals surface area contributed by atoms with E-state index < -0.39 is 18.8 Å². The van der Waals surface area contributed by atoms with Crippen molar-refractivity contribution in [1.29, 1.82) is 5.26 Å². The van der Waals surface area contributed by atoms with E-state index in [2.05, 4.69) is 4.98 Å². The fourth-order valence-electron chi connectivity index (χ4n) is 1.28. The van der Waals surface area contributed by atoms with Gasteiger partial charge in [-0.3, -0.25) is 4.79 Å². The first-order chi connectivity index (χ1) is 7.45. The van der Waals surface area contributed by atoms with Crippen LogP contribution in [-0.4, -0.2) is 16.1 Å². The minimum atomic E-state index is -2.73. The molecule has 0 radical (unpaired) electrons. The maximum absolute atomic E-state index is 12.5. The number of carbonyl (C=O) groups is 1. The predicted octanol–water partition coefficient (Wildman–Crippen LogP) is 1.83. The standard InChI is InChI=1S/C10H8F2N2O2/c1-5-7(10(11)12)2-6(3-9(15)16)8(4-13)14-5/h2,10H,3H2,1H3,(H,15,16). The van der Waals surface area contributed by atoms with Gasteiger partial charge in [0.05, 0.1) is 6.42 Å². The second kappa shape index (κ2) is 4.66. The van der Waals surface area contributed by atoms with Crippen molar-refractivity contribution < 1.29 is 18.7 Å². The first kappa shape index (κ1) is 12.0. The summed E-state index contributed by atoms with van der Waals surface area (Å²) in [6.07, 6.45) is -3.22. The molecule has 0 fully saturated rings. The summed E-state index contributed by atoms with van der Waals surface area (Å²) in [5.74, 6) is -1.19. The number of carboxylic acid groups (broad SMARTS) is 1. The number of carboxylic acids is 1. The summed E-state index contributed by atoms with van der Waals surface area (Å²) in [6.45, 7) is 1.35. The van der Waals surface area contributed by atoms with Gasteiger partial charge in [0.25, 0.3) is 6.43 Å². The lowest BCUT2D eigenvalue weighted by molar-refractivity contribution is -0.136. The average Bonchev–Trinajstić information content (AvgIpc) is 2.18. The molecule has 0 aliphatic heterocycles. The lowest BCUT2D eigenvalue weighted by Gasteiger charge is -2.07. The van der Waals surface area contributed by atoms with Gasteiger partial charge in [-0.2, -0.15) is 5.26 Å². The Morgan fingerprint density at radius 3 is 2.75 bits per heavy atom. The first-order valence-electron chi connectivity index (χ1n) is 4.36. The van der Waals surface area contributed by atoms with Crippen LogP contribution in [0.4, 0.5) is 8.78 Å². The molecule has 0 aliphatic carbocycles. The van der Waals surface area contributed by atoms with Crippen molar-refractivity contribution in [2.45, 2.75) is 19.8 Å². The van der Waals surface area contributed by atoms with Crippen molar-refractivity contribution in [2.24, 2.45) is 0 Å². The van der Waals surface area contributed by atoms with Crippen LogP contribution in [-0.2, 0) is 11.2 Å². The monoisotopic (exact) mass is 226 g/mol. The fourth-order valence-corrected chi connectivity index (χ4v) is 1.28. The normalized spacial score (nSPS) is 10.2. The minimum Gasteiger partial charge on any atom is -0.481 e. The number of hydrogen-bond acceptors (Lipinski definition) is 3. The largest absolute Gasteiger partial charge is 0.481 e. The van der Waals surface area contributed by atoms with Gasteiger partial charge >= 0.3 is 5.97 Å². The lowest BCUT2D eigenvalue weighted by Crippen LogP contribution is -2.07. The number of pyridine rings is 1. The van der Waals surface area contributed by atoms with Crippen molar-refractivity contribution in [1.82, 2.24) is 4.98 Å². The van der Waals surface area contributed by atoms with E-state index in [0.29, 0.717) is 0 Å². The Kier molecular flexibility index (Phi) is 3.51. The van der Waals surface area contributed by atoms with Crippen LogP contribution in [0.5, 0.6) is 0 Å². The summed E-state index contributed by atoms with van der Waals surface area (Å²) in [4.78, 5) is 14.1. The zero-order chi connectivity index (χ0) is 12.3. The maximum Gasteiger partial charge on any atom is 0.307 e. The molecule has 6 heteroatoms. The Labute approximate surface area is 90.2 Å². The number of nitrogens with zero attached hydrogens (tertiary/aromatic N) is 2. The van der Waals surface area contributed by atoms with Gasteiger partial charge in [0, 0.05) is 16.8 Å². The van der Waals surface area contributed by atoms with E-state index in [9.17, 15) is 13.6 Å². The molecule has 1 aromatic rings. The molecule has 0 saturated carbocycles. The Morgan fingerprint density at radius 2 is 2.31 bits per heavy atom. The number of aliphatic carboxylic acids is 1. The number of rotatable bonds is 3. The van der Waals surface area contributed by atoms with Crippen LogP contribution in [0.25, 0.3) is 0 Å². The summed E-state index contributed by atoms with van der Waals surface area (Å²) in [6, 6.07) is 2.72. The fraction of sp³-hybridized carbons (Fsp3) is 0.300. The first-order valence-corrected chi connectivity index (χ1v) is 4.36. The molecule has 1 N–H and O–H groups in total. The number of aryl methyl sites for hydroxylation is 1. The number of aromatic nitrogens is 1. The molecule has 0 aromatic carbocycles. The van der Waals surface area contributed by atoms with E-state index in [1.807, 2.05) is 0 Å². The van der Waals surface area contributed by atoms with Gasteiger partial charge in [-0.25, -0.2) is 13.8 Å². The van der Waals surface area contributed by atoms with E-state index >= 15 is 0 Å². The van der Waals surface area contributed by atoms with E-state index in [-0.39, 0.29) is 22.5 Å². The third kappa shape index (κ3) is 2.51. The number of halogens is 2. The predicted molar refractivity (Wildman–Crippen MR) is 50.0 cm³/mol. The highest BCUT2D eigenvalue weighted by Crippen LogP contribution is 2.23. The van der Waals surface area contributed by atoms with Gasteiger partial charge in [-0.15, -0.1) is 0 Å². The van der Waals surface area contributed by atoms with Crippen LogP contribution in [0.3, 0.4) is 0 Å².